The van der Waals surface area contributed by atoms with Crippen molar-refractivity contribution < 1.29 is 4.79 Å². The second-order valence-electron chi connectivity index (χ2n) is 8.85. The van der Waals surface area contributed by atoms with Crippen molar-refractivity contribution in [3.63, 3.8) is 0 Å². The molecule has 0 spiro atoms. The fourth-order valence-corrected chi connectivity index (χ4v) is 4.43. The number of fused-ring (bicyclic) bond motifs is 1. The van der Waals surface area contributed by atoms with Gasteiger partial charge in [-0.1, -0.05) is 35.9 Å². The van der Waals surface area contributed by atoms with Crippen molar-refractivity contribution in [2.24, 2.45) is 0 Å². The highest BCUT2D eigenvalue weighted by Crippen LogP contribution is 2.29. The van der Waals surface area contributed by atoms with Gasteiger partial charge in [-0.05, 0) is 49.7 Å². The molecule has 2 N–H and O–H groups in total. The van der Waals surface area contributed by atoms with E-state index in [1.165, 1.54) is 0 Å². The number of para-hydroxylation sites is 2. The minimum atomic E-state index is -0.266. The maximum atomic E-state index is 13.2. The zero-order valence-electron chi connectivity index (χ0n) is 18.5. The molecule has 168 valence electrons. The third kappa shape index (κ3) is 4.42. The summed E-state index contributed by atoms with van der Waals surface area (Å²) in [6.45, 7) is 6.98. The summed E-state index contributed by atoms with van der Waals surface area (Å²) in [4.78, 5) is 20.1. The average Bonchev–Trinajstić information content (AvgIpc) is 3.22. The average molecular weight is 461 g/mol. The number of nitrogens with zero attached hydrogens (tertiary/aromatic N) is 4. The molecule has 0 aliphatic carbocycles. The monoisotopic (exact) mass is 460 g/mol. The van der Waals surface area contributed by atoms with Crippen LogP contribution in [0.15, 0.2) is 67.0 Å². The Morgan fingerprint density at radius 2 is 2.00 bits per heavy atom. The second kappa shape index (κ2) is 8.50. The molecule has 1 aliphatic rings. The Morgan fingerprint density at radius 1 is 1.15 bits per heavy atom. The molecule has 2 aromatic carbocycles. The first kappa shape index (κ1) is 21.4. The van der Waals surface area contributed by atoms with Gasteiger partial charge < -0.3 is 15.5 Å². The third-order valence-electron chi connectivity index (χ3n) is 5.80. The van der Waals surface area contributed by atoms with Crippen molar-refractivity contribution in [1.82, 2.24) is 19.9 Å². The molecule has 0 bridgehead atoms. The van der Waals surface area contributed by atoms with E-state index in [2.05, 4.69) is 39.5 Å². The van der Waals surface area contributed by atoms with Gasteiger partial charge in [-0.25, -0.2) is 9.50 Å². The number of rotatable bonds is 4. The Labute approximate surface area is 197 Å². The molecule has 0 unspecified atom stereocenters. The summed E-state index contributed by atoms with van der Waals surface area (Å²) in [5.41, 5.74) is 4.41. The molecule has 3 heterocycles. The van der Waals surface area contributed by atoms with Crippen molar-refractivity contribution in [3.8, 4) is 11.1 Å². The van der Waals surface area contributed by atoms with Crippen LogP contribution in [0.2, 0.25) is 5.02 Å². The largest absolute Gasteiger partial charge is 0.367 e. The molecule has 0 radical (unpaired) electrons. The second-order valence-corrected chi connectivity index (χ2v) is 9.29. The van der Waals surface area contributed by atoms with E-state index < -0.39 is 0 Å². The minimum Gasteiger partial charge on any atom is -0.367 e. The van der Waals surface area contributed by atoms with Gasteiger partial charge >= 0.3 is 0 Å². The van der Waals surface area contributed by atoms with Crippen LogP contribution in [-0.4, -0.2) is 45.7 Å². The number of aromatic nitrogens is 3. The Balaban J connectivity index is 1.44. The van der Waals surface area contributed by atoms with E-state index >= 15 is 0 Å². The molecule has 2 aromatic heterocycles. The predicted octanol–water partition coefficient (Wildman–Crippen LogP) is 4.49. The summed E-state index contributed by atoms with van der Waals surface area (Å²) in [6, 6.07) is 17.1. The Morgan fingerprint density at radius 3 is 2.82 bits per heavy atom. The number of halogens is 1. The van der Waals surface area contributed by atoms with Gasteiger partial charge in [0.25, 0.3) is 5.91 Å². The molecule has 1 saturated heterocycles. The summed E-state index contributed by atoms with van der Waals surface area (Å²) < 4.78 is 1.66. The third-order valence-corrected chi connectivity index (χ3v) is 6.04. The molecule has 0 atom stereocenters. The normalized spacial score (nSPS) is 15.5. The zero-order chi connectivity index (χ0) is 23.0. The Hall–Kier alpha value is -3.42. The molecule has 7 nitrogen and oxygen atoms in total. The number of anilines is 2. The molecule has 33 heavy (non-hydrogen) atoms. The summed E-state index contributed by atoms with van der Waals surface area (Å²) in [5, 5.41) is 11.6. The smallest absolute Gasteiger partial charge is 0.274 e. The van der Waals surface area contributed by atoms with Crippen LogP contribution in [0, 0.1) is 0 Å². The van der Waals surface area contributed by atoms with Gasteiger partial charge in [0.1, 0.15) is 5.69 Å². The quantitative estimate of drug-likeness (QED) is 0.469. The van der Waals surface area contributed by atoms with Crippen molar-refractivity contribution in [3.05, 3.63) is 77.7 Å². The van der Waals surface area contributed by atoms with Gasteiger partial charge in [-0.15, -0.1) is 0 Å². The highest BCUT2D eigenvalue weighted by atomic mass is 35.5. The fourth-order valence-electron chi connectivity index (χ4n) is 4.24. The highest BCUT2D eigenvalue weighted by molar-refractivity contribution is 6.30. The van der Waals surface area contributed by atoms with Gasteiger partial charge in [-0.2, -0.15) is 5.10 Å². The van der Waals surface area contributed by atoms with E-state index in [1.807, 2.05) is 48.5 Å². The van der Waals surface area contributed by atoms with Crippen LogP contribution in [0.25, 0.3) is 16.8 Å². The lowest BCUT2D eigenvalue weighted by Gasteiger charge is -2.41. The summed E-state index contributed by atoms with van der Waals surface area (Å²) in [6.07, 6.45) is 3.48. The van der Waals surface area contributed by atoms with Crippen LogP contribution in [0.4, 0.5) is 11.4 Å². The van der Waals surface area contributed by atoms with Crippen molar-refractivity contribution in [1.29, 1.82) is 0 Å². The molecular weight excluding hydrogens is 436 g/mol. The number of piperazine rings is 1. The standard InChI is InChI=1S/C25H25ClN6O/c1-25(2)16-31(13-11-27-25)22-9-4-3-8-20(22)30-24(33)21-10-12-32-23(29-21)19(15-28-32)17-6-5-7-18(26)14-17/h3-10,12,14-15,27H,11,13,16H2,1-2H3,(H,30,33). The van der Waals surface area contributed by atoms with Gasteiger partial charge in [-0.3, -0.25) is 4.79 Å². The van der Waals surface area contributed by atoms with E-state index in [9.17, 15) is 4.79 Å². The van der Waals surface area contributed by atoms with E-state index in [0.29, 0.717) is 16.4 Å². The van der Waals surface area contributed by atoms with Crippen LogP contribution < -0.4 is 15.5 Å². The minimum absolute atomic E-state index is 0.000698. The van der Waals surface area contributed by atoms with E-state index in [4.69, 9.17) is 11.6 Å². The molecule has 1 fully saturated rings. The Kier molecular flexibility index (Phi) is 5.52. The van der Waals surface area contributed by atoms with Crippen LogP contribution in [0.5, 0.6) is 0 Å². The van der Waals surface area contributed by atoms with Crippen molar-refractivity contribution in [2.75, 3.05) is 29.9 Å². The lowest BCUT2D eigenvalue weighted by Crippen LogP contribution is -2.57. The summed E-state index contributed by atoms with van der Waals surface area (Å²) >= 11 is 6.16. The number of nitrogens with one attached hydrogen (secondary N) is 2. The van der Waals surface area contributed by atoms with Crippen LogP contribution >= 0.6 is 11.6 Å². The first-order chi connectivity index (χ1) is 15.9. The van der Waals surface area contributed by atoms with E-state index in [1.54, 1.807) is 23.0 Å². The number of benzene rings is 2. The van der Waals surface area contributed by atoms with E-state index in [-0.39, 0.29) is 11.4 Å². The topological polar surface area (TPSA) is 74.6 Å². The zero-order valence-corrected chi connectivity index (χ0v) is 19.3. The maximum Gasteiger partial charge on any atom is 0.274 e. The van der Waals surface area contributed by atoms with E-state index in [0.717, 1.165) is 42.1 Å². The SMILES string of the molecule is CC1(C)CN(c2ccccc2NC(=O)c2ccn3ncc(-c4cccc(Cl)c4)c3n2)CCN1. The fraction of sp³-hybridized carbons (Fsp3) is 0.240. The molecule has 1 aliphatic heterocycles. The maximum absolute atomic E-state index is 13.2. The number of hydrogen-bond acceptors (Lipinski definition) is 5. The van der Waals surface area contributed by atoms with Gasteiger partial charge in [0.05, 0.1) is 17.6 Å². The number of amides is 1. The highest BCUT2D eigenvalue weighted by Gasteiger charge is 2.27. The first-order valence-corrected chi connectivity index (χ1v) is 11.3. The molecule has 1 amide bonds. The summed E-state index contributed by atoms with van der Waals surface area (Å²) in [7, 11) is 0. The molecule has 8 heteroatoms. The molecular formula is C25H25ClN6O. The van der Waals surface area contributed by atoms with Crippen LogP contribution in [0.1, 0.15) is 24.3 Å². The van der Waals surface area contributed by atoms with Gasteiger partial charge in [0, 0.05) is 42.0 Å². The molecule has 4 aromatic rings. The molecule has 0 saturated carbocycles. The number of carbonyl (C=O) groups excluding carboxylic acids is 1. The van der Waals surface area contributed by atoms with Gasteiger partial charge in [0.15, 0.2) is 5.65 Å². The first-order valence-electron chi connectivity index (χ1n) is 10.9. The number of hydrogen-bond donors (Lipinski definition) is 2. The lowest BCUT2D eigenvalue weighted by molar-refractivity contribution is 0.102. The lowest BCUT2D eigenvalue weighted by atomic mass is 10.0. The van der Waals surface area contributed by atoms with Gasteiger partial charge in [0.2, 0.25) is 0 Å². The number of carbonyl (C=O) groups is 1. The van der Waals surface area contributed by atoms with Crippen molar-refractivity contribution >= 4 is 34.5 Å². The predicted molar refractivity (Wildman–Crippen MR) is 132 cm³/mol. The Bertz CT molecular complexity index is 1330. The van der Waals surface area contributed by atoms with Crippen LogP contribution in [0.3, 0.4) is 0 Å². The van der Waals surface area contributed by atoms with Crippen LogP contribution in [-0.2, 0) is 0 Å². The summed E-state index contributed by atoms with van der Waals surface area (Å²) in [5.74, 6) is -0.266. The molecule has 5 rings (SSSR count). The van der Waals surface area contributed by atoms with Crippen molar-refractivity contribution in [2.45, 2.75) is 19.4 Å².